The van der Waals surface area contributed by atoms with E-state index in [0.29, 0.717) is 39.7 Å². The number of aromatic nitrogens is 1. The minimum Gasteiger partial charge on any atom is -0.366 e. The molecular weight excluding hydrogens is 408 g/mol. The van der Waals surface area contributed by atoms with E-state index in [2.05, 4.69) is 29.0 Å². The Morgan fingerprint density at radius 3 is 2.45 bits per heavy atom. The van der Waals surface area contributed by atoms with Crippen molar-refractivity contribution in [3.8, 4) is 12.1 Å². The summed E-state index contributed by atoms with van der Waals surface area (Å²) in [4.78, 5) is 20.6. The highest BCUT2D eigenvalue weighted by atomic mass is 32.2. The quantitative estimate of drug-likeness (QED) is 0.696. The van der Waals surface area contributed by atoms with E-state index < -0.39 is 5.91 Å². The average Bonchev–Trinajstić information content (AvgIpc) is 3.00. The summed E-state index contributed by atoms with van der Waals surface area (Å²) in [6.07, 6.45) is 1.59. The third kappa shape index (κ3) is 5.16. The lowest BCUT2D eigenvalue weighted by Crippen LogP contribution is -2.30. The summed E-state index contributed by atoms with van der Waals surface area (Å²) in [6.45, 7) is 5.51. The highest BCUT2D eigenvalue weighted by molar-refractivity contribution is 7.98. The first kappa shape index (κ1) is 22.6. The number of nitrogens with zero attached hydrogens (tertiary/aromatic N) is 5. The summed E-state index contributed by atoms with van der Waals surface area (Å²) in [5.74, 6) is 0.818. The van der Waals surface area contributed by atoms with E-state index in [1.807, 2.05) is 19.1 Å². The number of likely N-dealkylation sites (N-methyl/N-ethyl adjacent to an activating group) is 1. The van der Waals surface area contributed by atoms with E-state index in [1.54, 1.807) is 12.1 Å². The SMILES string of the molecule is CCc1c(C#N)c(SCc2ccc(C(N)=O)cc2)nc(N2CCCN(C)CC2)c1C#N. The van der Waals surface area contributed by atoms with Crippen molar-refractivity contribution in [3.05, 3.63) is 52.1 Å². The van der Waals surface area contributed by atoms with Gasteiger partial charge in [-0.2, -0.15) is 10.5 Å². The number of hydrogen-bond acceptors (Lipinski definition) is 7. The van der Waals surface area contributed by atoms with E-state index in [-0.39, 0.29) is 0 Å². The fraction of sp³-hybridized carbons (Fsp3) is 0.391. The molecule has 0 radical (unpaired) electrons. The lowest BCUT2D eigenvalue weighted by atomic mass is 10.0. The zero-order chi connectivity index (χ0) is 22.4. The van der Waals surface area contributed by atoms with Gasteiger partial charge in [-0.1, -0.05) is 19.1 Å². The van der Waals surface area contributed by atoms with Gasteiger partial charge in [0.25, 0.3) is 0 Å². The number of nitrogens with two attached hydrogens (primary N) is 1. The molecule has 1 aliphatic heterocycles. The molecule has 31 heavy (non-hydrogen) atoms. The van der Waals surface area contributed by atoms with E-state index in [1.165, 1.54) is 11.8 Å². The molecule has 1 fully saturated rings. The molecule has 1 aromatic carbocycles. The number of rotatable bonds is 6. The lowest BCUT2D eigenvalue weighted by Gasteiger charge is -2.25. The van der Waals surface area contributed by atoms with Crippen molar-refractivity contribution in [2.75, 3.05) is 38.1 Å². The Kier molecular flexibility index (Phi) is 7.51. The van der Waals surface area contributed by atoms with Crippen LogP contribution in [-0.4, -0.2) is 49.0 Å². The van der Waals surface area contributed by atoms with Gasteiger partial charge < -0.3 is 15.5 Å². The van der Waals surface area contributed by atoms with Crippen molar-refractivity contribution < 1.29 is 4.79 Å². The van der Waals surface area contributed by atoms with Gasteiger partial charge in [0.05, 0.1) is 11.1 Å². The van der Waals surface area contributed by atoms with Crippen LogP contribution in [0.25, 0.3) is 0 Å². The van der Waals surface area contributed by atoms with Crippen LogP contribution in [-0.2, 0) is 12.2 Å². The third-order valence-corrected chi connectivity index (χ3v) is 6.51. The molecule has 1 aliphatic rings. The minimum atomic E-state index is -0.458. The summed E-state index contributed by atoms with van der Waals surface area (Å²) in [5, 5.41) is 20.4. The fourth-order valence-corrected chi connectivity index (χ4v) is 4.65. The average molecular weight is 435 g/mol. The highest BCUT2D eigenvalue weighted by Crippen LogP contribution is 2.33. The van der Waals surface area contributed by atoms with Gasteiger partial charge in [0.1, 0.15) is 23.0 Å². The highest BCUT2D eigenvalue weighted by Gasteiger charge is 2.24. The maximum Gasteiger partial charge on any atom is 0.248 e. The Morgan fingerprint density at radius 1 is 1.13 bits per heavy atom. The molecule has 0 spiro atoms. The van der Waals surface area contributed by atoms with Crippen LogP contribution >= 0.6 is 11.8 Å². The van der Waals surface area contributed by atoms with Gasteiger partial charge in [-0.25, -0.2) is 4.98 Å². The van der Waals surface area contributed by atoms with Crippen LogP contribution in [0.5, 0.6) is 0 Å². The maximum absolute atomic E-state index is 11.3. The predicted octanol–water partition coefficient (Wildman–Crippen LogP) is 2.92. The zero-order valence-electron chi connectivity index (χ0n) is 17.9. The molecule has 1 aromatic heterocycles. The second-order valence-electron chi connectivity index (χ2n) is 7.54. The van der Waals surface area contributed by atoms with Crippen molar-refractivity contribution in [2.45, 2.75) is 30.5 Å². The Hall–Kier alpha value is -3.07. The molecular formula is C23H26N6OS. The van der Waals surface area contributed by atoms with Crippen LogP contribution in [0.1, 0.15) is 46.0 Å². The van der Waals surface area contributed by atoms with Gasteiger partial charge in [0.15, 0.2) is 0 Å². The summed E-state index contributed by atoms with van der Waals surface area (Å²) < 4.78 is 0. The second kappa shape index (κ2) is 10.3. The molecule has 3 rings (SSSR count). The molecule has 1 amide bonds. The van der Waals surface area contributed by atoms with Crippen LogP contribution in [0.2, 0.25) is 0 Å². The standard InChI is InChI=1S/C23H26N6OS/c1-3-18-19(13-24)22(29-10-4-9-28(2)11-12-29)27-23(20(18)14-25)31-15-16-5-7-17(8-6-16)21(26)30/h5-8H,3-4,9-12,15H2,1-2H3,(H2,26,30). The van der Waals surface area contributed by atoms with E-state index in [9.17, 15) is 15.3 Å². The van der Waals surface area contributed by atoms with Gasteiger partial charge in [0, 0.05) is 31.0 Å². The molecule has 0 bridgehead atoms. The Bertz CT molecular complexity index is 1040. The number of nitriles is 2. The summed E-state index contributed by atoms with van der Waals surface area (Å²) >= 11 is 1.48. The number of hydrogen-bond donors (Lipinski definition) is 1. The predicted molar refractivity (Wildman–Crippen MR) is 122 cm³/mol. The molecule has 0 aliphatic carbocycles. The summed E-state index contributed by atoms with van der Waals surface area (Å²) in [6, 6.07) is 11.7. The first-order chi connectivity index (χ1) is 15.0. The number of primary amides is 1. The van der Waals surface area contributed by atoms with Gasteiger partial charge in [-0.3, -0.25) is 4.79 Å². The van der Waals surface area contributed by atoms with Crippen molar-refractivity contribution in [3.63, 3.8) is 0 Å². The minimum absolute atomic E-state index is 0.458. The van der Waals surface area contributed by atoms with Crippen molar-refractivity contribution in [2.24, 2.45) is 5.73 Å². The number of thioether (sulfide) groups is 1. The molecule has 0 atom stereocenters. The number of carbonyl (C=O) groups excluding carboxylic acids is 1. The Labute approximate surface area is 187 Å². The molecule has 8 heteroatoms. The maximum atomic E-state index is 11.3. The Morgan fingerprint density at radius 2 is 1.84 bits per heavy atom. The van der Waals surface area contributed by atoms with Crippen LogP contribution in [0, 0.1) is 22.7 Å². The van der Waals surface area contributed by atoms with Crippen LogP contribution in [0.4, 0.5) is 5.82 Å². The molecule has 7 nitrogen and oxygen atoms in total. The van der Waals surface area contributed by atoms with Crippen LogP contribution in [0.3, 0.4) is 0 Å². The number of amides is 1. The van der Waals surface area contributed by atoms with E-state index in [0.717, 1.165) is 43.7 Å². The van der Waals surface area contributed by atoms with Crippen LogP contribution in [0.15, 0.2) is 29.3 Å². The van der Waals surface area contributed by atoms with Crippen LogP contribution < -0.4 is 10.6 Å². The van der Waals surface area contributed by atoms with Gasteiger partial charge >= 0.3 is 0 Å². The number of benzene rings is 1. The molecule has 2 aromatic rings. The van der Waals surface area contributed by atoms with Crippen molar-refractivity contribution >= 4 is 23.5 Å². The molecule has 1 saturated heterocycles. The molecule has 160 valence electrons. The van der Waals surface area contributed by atoms with Gasteiger partial charge in [-0.05, 0) is 49.7 Å². The third-order valence-electron chi connectivity index (χ3n) is 5.46. The smallest absolute Gasteiger partial charge is 0.248 e. The topological polar surface area (TPSA) is 110 Å². The monoisotopic (exact) mass is 434 g/mol. The molecule has 2 N–H and O–H groups in total. The number of carbonyl (C=O) groups is 1. The van der Waals surface area contributed by atoms with Crippen molar-refractivity contribution in [1.82, 2.24) is 9.88 Å². The second-order valence-corrected chi connectivity index (χ2v) is 8.50. The van der Waals surface area contributed by atoms with Crippen molar-refractivity contribution in [1.29, 1.82) is 10.5 Å². The molecule has 0 unspecified atom stereocenters. The van der Waals surface area contributed by atoms with Gasteiger partial charge in [0.2, 0.25) is 5.91 Å². The first-order valence-corrected chi connectivity index (χ1v) is 11.3. The molecule has 2 heterocycles. The Balaban J connectivity index is 1.96. The van der Waals surface area contributed by atoms with E-state index >= 15 is 0 Å². The van der Waals surface area contributed by atoms with Gasteiger partial charge in [-0.15, -0.1) is 11.8 Å². The summed E-state index contributed by atoms with van der Waals surface area (Å²) in [7, 11) is 2.10. The first-order valence-electron chi connectivity index (χ1n) is 10.3. The number of anilines is 1. The number of pyridine rings is 1. The summed E-state index contributed by atoms with van der Waals surface area (Å²) in [5.41, 5.74) is 8.53. The fourth-order valence-electron chi connectivity index (χ4n) is 3.69. The largest absolute Gasteiger partial charge is 0.366 e. The van der Waals surface area contributed by atoms with E-state index in [4.69, 9.17) is 10.7 Å². The zero-order valence-corrected chi connectivity index (χ0v) is 18.7. The lowest BCUT2D eigenvalue weighted by molar-refractivity contribution is 0.100. The molecule has 0 saturated carbocycles. The normalized spacial score (nSPS) is 14.5.